The molecule has 1 atom stereocenters. The number of carbonyl (C=O) groups excluding carboxylic acids is 1. The fourth-order valence-electron chi connectivity index (χ4n) is 1.83. The third-order valence-corrected chi connectivity index (χ3v) is 3.18. The molecule has 1 N–H and O–H groups in total. The zero-order valence-electron chi connectivity index (χ0n) is 8.81. The van der Waals surface area contributed by atoms with E-state index >= 15 is 0 Å². The van der Waals surface area contributed by atoms with Crippen molar-refractivity contribution in [2.24, 2.45) is 0 Å². The van der Waals surface area contributed by atoms with Crippen LogP contribution in [0, 0.1) is 0 Å². The van der Waals surface area contributed by atoms with Crippen LogP contribution in [0.2, 0.25) is 0 Å². The molecule has 4 nitrogen and oxygen atoms in total. The monoisotopic (exact) mass is 285 g/mol. The second kappa shape index (κ2) is 4.43. The highest BCUT2D eigenvalue weighted by molar-refractivity contribution is 9.10. The summed E-state index contributed by atoms with van der Waals surface area (Å²) >= 11 is 3.39. The van der Waals surface area contributed by atoms with Crippen LogP contribution in [0.3, 0.4) is 0 Å². The molecule has 86 valence electrons. The summed E-state index contributed by atoms with van der Waals surface area (Å²) in [7, 11) is 1.56. The third-order valence-electron chi connectivity index (χ3n) is 2.54. The van der Waals surface area contributed by atoms with Crippen LogP contribution in [0.5, 0.6) is 5.75 Å². The van der Waals surface area contributed by atoms with E-state index in [1.54, 1.807) is 18.1 Å². The summed E-state index contributed by atoms with van der Waals surface area (Å²) in [6.45, 7) is 0.317. The summed E-state index contributed by atoms with van der Waals surface area (Å²) in [5.74, 6) is 0.537. The van der Waals surface area contributed by atoms with Gasteiger partial charge in [0.05, 0.1) is 26.2 Å². The number of aliphatic hydroxyl groups excluding tert-OH is 1. The largest absolute Gasteiger partial charge is 0.495 e. The van der Waals surface area contributed by atoms with Crippen LogP contribution in [0.25, 0.3) is 0 Å². The highest BCUT2D eigenvalue weighted by Gasteiger charge is 2.31. The van der Waals surface area contributed by atoms with Gasteiger partial charge in [-0.05, 0) is 28.1 Å². The SMILES string of the molecule is COc1cccc(Br)c1N1CC(O)CC1=O. The normalized spacial score (nSPS) is 20.3. The second-order valence-corrected chi connectivity index (χ2v) is 4.51. The Bertz CT molecular complexity index is 422. The van der Waals surface area contributed by atoms with Gasteiger partial charge in [0.1, 0.15) is 11.4 Å². The number of carbonyl (C=O) groups is 1. The molecule has 1 fully saturated rings. The number of β-amino-alcohol motifs (C(OH)–C–C–N with tert-alkyl or cyclic N) is 1. The molecular weight excluding hydrogens is 274 g/mol. The first-order valence-corrected chi connectivity index (χ1v) is 5.73. The minimum atomic E-state index is -0.593. The van der Waals surface area contributed by atoms with E-state index in [-0.39, 0.29) is 12.3 Å². The lowest BCUT2D eigenvalue weighted by Crippen LogP contribution is -2.26. The maximum atomic E-state index is 11.7. The fourth-order valence-corrected chi connectivity index (χ4v) is 2.39. The van der Waals surface area contributed by atoms with E-state index < -0.39 is 6.10 Å². The lowest BCUT2D eigenvalue weighted by molar-refractivity contribution is -0.117. The molecule has 1 aromatic rings. The van der Waals surface area contributed by atoms with Crippen molar-refractivity contribution in [1.82, 2.24) is 0 Å². The van der Waals surface area contributed by atoms with Crippen molar-refractivity contribution in [1.29, 1.82) is 0 Å². The molecule has 0 spiro atoms. The number of nitrogens with zero attached hydrogens (tertiary/aromatic N) is 1. The van der Waals surface area contributed by atoms with Gasteiger partial charge >= 0.3 is 0 Å². The Balaban J connectivity index is 2.43. The smallest absolute Gasteiger partial charge is 0.229 e. The Labute approximate surface area is 102 Å². The molecule has 1 heterocycles. The van der Waals surface area contributed by atoms with Crippen molar-refractivity contribution in [2.45, 2.75) is 12.5 Å². The van der Waals surface area contributed by atoms with E-state index in [2.05, 4.69) is 15.9 Å². The molecule has 1 saturated heterocycles. The van der Waals surface area contributed by atoms with Crippen LogP contribution >= 0.6 is 15.9 Å². The molecule has 1 amide bonds. The summed E-state index contributed by atoms with van der Waals surface area (Å²) < 4.78 is 6.00. The number of anilines is 1. The van der Waals surface area contributed by atoms with Crippen molar-refractivity contribution in [2.75, 3.05) is 18.6 Å². The lowest BCUT2D eigenvalue weighted by atomic mass is 10.2. The number of benzene rings is 1. The zero-order valence-corrected chi connectivity index (χ0v) is 10.4. The summed E-state index contributed by atoms with van der Waals surface area (Å²) in [6, 6.07) is 5.47. The van der Waals surface area contributed by atoms with E-state index in [0.717, 1.165) is 4.47 Å². The highest BCUT2D eigenvalue weighted by atomic mass is 79.9. The third kappa shape index (κ3) is 1.92. The molecule has 0 saturated carbocycles. The van der Waals surface area contributed by atoms with Gasteiger partial charge in [-0.25, -0.2) is 0 Å². The number of methoxy groups -OCH3 is 1. The molecular formula is C11H12BrNO3. The molecule has 1 unspecified atom stereocenters. The maximum absolute atomic E-state index is 11.7. The number of amides is 1. The highest BCUT2D eigenvalue weighted by Crippen LogP contribution is 2.37. The lowest BCUT2D eigenvalue weighted by Gasteiger charge is -2.20. The predicted octanol–water partition coefficient (Wildman–Crippen LogP) is 1.56. The van der Waals surface area contributed by atoms with Crippen LogP contribution in [0.15, 0.2) is 22.7 Å². The number of rotatable bonds is 2. The van der Waals surface area contributed by atoms with Gasteiger partial charge in [0.15, 0.2) is 0 Å². The van der Waals surface area contributed by atoms with Crippen molar-refractivity contribution < 1.29 is 14.6 Å². The summed E-state index contributed by atoms with van der Waals surface area (Å²) in [5.41, 5.74) is 0.687. The average Bonchev–Trinajstić information content (AvgIpc) is 2.57. The molecule has 16 heavy (non-hydrogen) atoms. The van der Waals surface area contributed by atoms with Gasteiger partial charge in [-0.3, -0.25) is 4.79 Å². The van der Waals surface area contributed by atoms with Gasteiger partial charge in [-0.15, -0.1) is 0 Å². The van der Waals surface area contributed by atoms with Crippen LogP contribution in [-0.2, 0) is 4.79 Å². The fraction of sp³-hybridized carbons (Fsp3) is 0.364. The van der Waals surface area contributed by atoms with E-state index in [9.17, 15) is 9.90 Å². The number of halogens is 1. The number of ether oxygens (including phenoxy) is 1. The second-order valence-electron chi connectivity index (χ2n) is 3.65. The van der Waals surface area contributed by atoms with Gasteiger partial charge in [-0.1, -0.05) is 6.07 Å². The Kier molecular flexibility index (Phi) is 3.16. The quantitative estimate of drug-likeness (QED) is 0.897. The van der Waals surface area contributed by atoms with Crippen molar-refractivity contribution in [3.05, 3.63) is 22.7 Å². The molecule has 1 aliphatic rings. The molecule has 1 aliphatic heterocycles. The van der Waals surface area contributed by atoms with Gasteiger partial charge in [0, 0.05) is 4.47 Å². The Morgan fingerprint density at radius 3 is 2.88 bits per heavy atom. The van der Waals surface area contributed by atoms with Gasteiger partial charge in [-0.2, -0.15) is 0 Å². The Hall–Kier alpha value is -1.07. The molecule has 0 aliphatic carbocycles. The van der Waals surface area contributed by atoms with Crippen molar-refractivity contribution >= 4 is 27.5 Å². The van der Waals surface area contributed by atoms with E-state index in [1.165, 1.54) is 0 Å². The van der Waals surface area contributed by atoms with Gasteiger partial charge in [0.25, 0.3) is 0 Å². The molecule has 0 aromatic heterocycles. The average molecular weight is 286 g/mol. The minimum Gasteiger partial charge on any atom is -0.495 e. The first kappa shape index (κ1) is 11.4. The molecule has 0 radical (unpaired) electrons. The molecule has 1 aromatic carbocycles. The summed E-state index contributed by atoms with van der Waals surface area (Å²) in [4.78, 5) is 13.2. The number of para-hydroxylation sites is 1. The standard InChI is InChI=1S/C11H12BrNO3/c1-16-9-4-2-3-8(12)11(9)13-6-7(14)5-10(13)15/h2-4,7,14H,5-6H2,1H3. The maximum Gasteiger partial charge on any atom is 0.229 e. The zero-order chi connectivity index (χ0) is 11.7. The van der Waals surface area contributed by atoms with E-state index in [0.29, 0.717) is 18.0 Å². The topological polar surface area (TPSA) is 49.8 Å². The number of hydrogen-bond acceptors (Lipinski definition) is 3. The first-order chi connectivity index (χ1) is 7.63. The number of hydrogen-bond donors (Lipinski definition) is 1. The van der Waals surface area contributed by atoms with Crippen molar-refractivity contribution in [3.63, 3.8) is 0 Å². The van der Waals surface area contributed by atoms with Crippen LogP contribution in [0.1, 0.15) is 6.42 Å². The summed E-state index contributed by atoms with van der Waals surface area (Å²) in [6.07, 6.45) is -0.422. The minimum absolute atomic E-state index is 0.0855. The van der Waals surface area contributed by atoms with E-state index in [1.807, 2.05) is 12.1 Å². The van der Waals surface area contributed by atoms with E-state index in [4.69, 9.17) is 4.74 Å². The molecule has 0 bridgehead atoms. The van der Waals surface area contributed by atoms with Crippen molar-refractivity contribution in [3.8, 4) is 5.75 Å². The van der Waals surface area contributed by atoms with Crippen LogP contribution in [-0.4, -0.2) is 30.8 Å². The molecule has 5 heteroatoms. The number of aliphatic hydroxyl groups is 1. The van der Waals surface area contributed by atoms with Crippen LogP contribution < -0.4 is 9.64 Å². The van der Waals surface area contributed by atoms with Crippen LogP contribution in [0.4, 0.5) is 5.69 Å². The Morgan fingerprint density at radius 2 is 2.31 bits per heavy atom. The van der Waals surface area contributed by atoms with Gasteiger partial charge in [0.2, 0.25) is 5.91 Å². The predicted molar refractivity (Wildman–Crippen MR) is 63.7 cm³/mol. The first-order valence-electron chi connectivity index (χ1n) is 4.94. The molecule has 2 rings (SSSR count). The summed E-state index contributed by atoms with van der Waals surface area (Å²) in [5, 5.41) is 9.47. The Morgan fingerprint density at radius 1 is 1.56 bits per heavy atom. The van der Waals surface area contributed by atoms with Gasteiger partial charge < -0.3 is 14.7 Å².